The molecule has 0 unspecified atom stereocenters. The highest BCUT2D eigenvalue weighted by Gasteiger charge is 2.11. The van der Waals surface area contributed by atoms with Gasteiger partial charge in [0.05, 0.1) is 13.2 Å². The van der Waals surface area contributed by atoms with Crippen molar-refractivity contribution in [3.05, 3.63) is 0 Å². The van der Waals surface area contributed by atoms with Gasteiger partial charge in [0.2, 0.25) is 5.91 Å². The molecule has 0 aromatic carbocycles. The van der Waals surface area contributed by atoms with Crippen LogP contribution in [-0.2, 0) is 9.53 Å². The van der Waals surface area contributed by atoms with Crippen LogP contribution in [0.2, 0.25) is 0 Å². The van der Waals surface area contributed by atoms with Gasteiger partial charge in [-0.3, -0.25) is 4.79 Å². The topological polar surface area (TPSA) is 38.3 Å². The summed E-state index contributed by atoms with van der Waals surface area (Å²) >= 11 is 0. The summed E-state index contributed by atoms with van der Waals surface area (Å²) < 4.78 is 5.30. The minimum absolute atomic E-state index is 0.0204. The lowest BCUT2D eigenvalue weighted by molar-refractivity contribution is -0.126. The third-order valence-electron chi connectivity index (χ3n) is 1.61. The Morgan fingerprint density at radius 3 is 2.24 bits per heavy atom. The predicted molar refractivity (Wildman–Crippen MR) is 70.5 cm³/mol. The van der Waals surface area contributed by atoms with E-state index in [0.29, 0.717) is 13.2 Å². The highest BCUT2D eigenvalue weighted by Crippen LogP contribution is 2.12. The first-order valence-corrected chi connectivity index (χ1v) is 5.95. The molecule has 0 aromatic heterocycles. The fraction of sp³-hybridized carbons (Fsp3) is 0.786. The minimum atomic E-state index is -0.113. The van der Waals surface area contributed by atoms with Crippen molar-refractivity contribution in [3.63, 3.8) is 0 Å². The molecule has 98 valence electrons. The summed E-state index contributed by atoms with van der Waals surface area (Å²) in [6.07, 6.45) is 0. The molecule has 0 aliphatic carbocycles. The Labute approximate surface area is 105 Å². The quantitative estimate of drug-likeness (QED) is 0.764. The van der Waals surface area contributed by atoms with Crippen molar-refractivity contribution in [1.82, 2.24) is 5.32 Å². The van der Waals surface area contributed by atoms with Gasteiger partial charge in [0.1, 0.15) is 6.61 Å². The molecule has 0 rings (SSSR count). The van der Waals surface area contributed by atoms with Crippen molar-refractivity contribution in [1.29, 1.82) is 0 Å². The second-order valence-electron chi connectivity index (χ2n) is 6.38. The Hall–Kier alpha value is -1.01. The van der Waals surface area contributed by atoms with Crippen LogP contribution in [0.15, 0.2) is 0 Å². The predicted octanol–water partition coefficient (Wildman–Crippen LogP) is 2.21. The number of hydrogen-bond donors (Lipinski definition) is 1. The average Bonchev–Trinajstić information content (AvgIpc) is 2.09. The van der Waals surface area contributed by atoms with Crippen molar-refractivity contribution in [2.45, 2.75) is 41.5 Å². The van der Waals surface area contributed by atoms with Crippen LogP contribution in [0.5, 0.6) is 0 Å². The maximum atomic E-state index is 11.3. The molecule has 0 heterocycles. The van der Waals surface area contributed by atoms with Gasteiger partial charge in [0, 0.05) is 5.41 Å². The van der Waals surface area contributed by atoms with Crippen molar-refractivity contribution in [3.8, 4) is 11.8 Å². The number of nitrogens with one attached hydrogen (secondary N) is 1. The third-order valence-corrected chi connectivity index (χ3v) is 1.61. The number of rotatable bonds is 4. The summed E-state index contributed by atoms with van der Waals surface area (Å²) in [4.78, 5) is 11.3. The van der Waals surface area contributed by atoms with Gasteiger partial charge in [0.25, 0.3) is 0 Å². The first-order valence-electron chi connectivity index (χ1n) is 5.95. The second-order valence-corrected chi connectivity index (χ2v) is 6.38. The van der Waals surface area contributed by atoms with Crippen molar-refractivity contribution < 1.29 is 9.53 Å². The van der Waals surface area contributed by atoms with Crippen LogP contribution in [0, 0.1) is 22.7 Å². The number of carbonyl (C=O) groups is 1. The lowest BCUT2D eigenvalue weighted by atomic mass is 9.98. The monoisotopic (exact) mass is 239 g/mol. The Kier molecular flexibility index (Phi) is 6.26. The van der Waals surface area contributed by atoms with Crippen LogP contribution in [0.3, 0.4) is 0 Å². The number of ether oxygens (including phenoxy) is 1. The maximum Gasteiger partial charge on any atom is 0.246 e. The van der Waals surface area contributed by atoms with Crippen LogP contribution in [0.1, 0.15) is 41.5 Å². The second kappa shape index (κ2) is 6.66. The SMILES string of the molecule is CC(C)(C)C#CCNC(=O)COCC(C)(C)C. The molecular formula is C14H25NO2. The molecule has 0 saturated heterocycles. The van der Waals surface area contributed by atoms with Crippen LogP contribution in [0.25, 0.3) is 0 Å². The van der Waals surface area contributed by atoms with Gasteiger partial charge >= 0.3 is 0 Å². The lowest BCUT2D eigenvalue weighted by Gasteiger charge is -2.17. The van der Waals surface area contributed by atoms with Gasteiger partial charge in [-0.25, -0.2) is 0 Å². The van der Waals surface area contributed by atoms with Crippen LogP contribution in [-0.4, -0.2) is 25.7 Å². The lowest BCUT2D eigenvalue weighted by Crippen LogP contribution is -2.29. The van der Waals surface area contributed by atoms with E-state index in [1.165, 1.54) is 0 Å². The van der Waals surface area contributed by atoms with E-state index in [9.17, 15) is 4.79 Å². The van der Waals surface area contributed by atoms with E-state index in [2.05, 4.69) is 37.9 Å². The first kappa shape index (κ1) is 16.0. The molecule has 0 radical (unpaired) electrons. The summed E-state index contributed by atoms with van der Waals surface area (Å²) in [7, 11) is 0. The summed E-state index contributed by atoms with van der Waals surface area (Å²) in [5.74, 6) is 5.86. The van der Waals surface area contributed by atoms with Crippen molar-refractivity contribution >= 4 is 5.91 Å². The normalized spacial score (nSPS) is 11.6. The van der Waals surface area contributed by atoms with Gasteiger partial charge in [-0.2, -0.15) is 0 Å². The van der Waals surface area contributed by atoms with E-state index in [1.54, 1.807) is 0 Å². The minimum Gasteiger partial charge on any atom is -0.371 e. The van der Waals surface area contributed by atoms with E-state index in [1.807, 2.05) is 20.8 Å². The van der Waals surface area contributed by atoms with Crippen LogP contribution in [0.4, 0.5) is 0 Å². The Balaban J connectivity index is 3.71. The average molecular weight is 239 g/mol. The summed E-state index contributed by atoms with van der Waals surface area (Å²) in [6, 6.07) is 0. The Morgan fingerprint density at radius 1 is 1.18 bits per heavy atom. The van der Waals surface area contributed by atoms with E-state index in [4.69, 9.17) is 4.74 Å². The molecule has 3 heteroatoms. The van der Waals surface area contributed by atoms with Gasteiger partial charge < -0.3 is 10.1 Å². The van der Waals surface area contributed by atoms with Gasteiger partial charge in [0.15, 0.2) is 0 Å². The van der Waals surface area contributed by atoms with Gasteiger partial charge in [-0.15, -0.1) is 0 Å². The van der Waals surface area contributed by atoms with E-state index < -0.39 is 0 Å². The molecular weight excluding hydrogens is 214 g/mol. The molecule has 3 nitrogen and oxygen atoms in total. The fourth-order valence-corrected chi connectivity index (χ4v) is 0.953. The van der Waals surface area contributed by atoms with Gasteiger partial charge in [-0.05, 0) is 26.2 Å². The fourth-order valence-electron chi connectivity index (χ4n) is 0.953. The Bertz CT molecular complexity index is 297. The molecule has 0 saturated carbocycles. The maximum absolute atomic E-state index is 11.3. The zero-order chi connectivity index (χ0) is 13.5. The Morgan fingerprint density at radius 2 is 1.76 bits per heavy atom. The number of carbonyl (C=O) groups excluding carboxylic acids is 1. The highest BCUT2D eigenvalue weighted by atomic mass is 16.5. The van der Waals surface area contributed by atoms with E-state index in [0.717, 1.165) is 0 Å². The summed E-state index contributed by atoms with van der Waals surface area (Å²) in [6.45, 7) is 13.4. The molecule has 0 aliphatic rings. The largest absolute Gasteiger partial charge is 0.371 e. The van der Waals surface area contributed by atoms with Crippen molar-refractivity contribution in [2.75, 3.05) is 19.8 Å². The van der Waals surface area contributed by atoms with Crippen molar-refractivity contribution in [2.24, 2.45) is 10.8 Å². The van der Waals surface area contributed by atoms with Gasteiger partial charge in [-0.1, -0.05) is 32.6 Å². The molecule has 0 aliphatic heterocycles. The van der Waals surface area contributed by atoms with E-state index in [-0.39, 0.29) is 23.3 Å². The third kappa shape index (κ3) is 12.9. The zero-order valence-electron chi connectivity index (χ0n) is 11.9. The highest BCUT2D eigenvalue weighted by molar-refractivity contribution is 5.77. The summed E-state index contributed by atoms with van der Waals surface area (Å²) in [5.41, 5.74) is 0.0692. The smallest absolute Gasteiger partial charge is 0.246 e. The molecule has 1 amide bonds. The summed E-state index contributed by atoms with van der Waals surface area (Å²) in [5, 5.41) is 2.70. The standard InChI is InChI=1S/C14H25NO2/c1-13(2,3)8-7-9-15-12(16)10-17-11-14(4,5)6/h9-11H2,1-6H3,(H,15,16). The number of amides is 1. The van der Waals surface area contributed by atoms with Crippen LogP contribution >= 0.6 is 0 Å². The van der Waals surface area contributed by atoms with Crippen LogP contribution < -0.4 is 5.32 Å². The van der Waals surface area contributed by atoms with E-state index >= 15 is 0 Å². The molecule has 0 aromatic rings. The molecule has 17 heavy (non-hydrogen) atoms. The zero-order valence-corrected chi connectivity index (χ0v) is 11.9. The molecule has 0 spiro atoms. The molecule has 0 fully saturated rings. The number of hydrogen-bond acceptors (Lipinski definition) is 2. The first-order chi connectivity index (χ1) is 7.60. The molecule has 1 N–H and O–H groups in total. The molecule has 0 atom stereocenters. The molecule has 0 bridgehead atoms.